The van der Waals surface area contributed by atoms with E-state index in [1.807, 2.05) is 0 Å². The fourth-order valence-corrected chi connectivity index (χ4v) is 3.76. The van der Waals surface area contributed by atoms with Crippen LogP contribution in [0.15, 0.2) is 24.3 Å². The average Bonchev–Trinajstić information content (AvgIpc) is 2.71. The largest absolute Gasteiger partial charge is 0.370 e. The molecular weight excluding hydrogens is 246 g/mol. The fraction of sp³-hybridized carbons (Fsp3) is 0.647. The van der Waals surface area contributed by atoms with E-state index >= 15 is 0 Å². The van der Waals surface area contributed by atoms with Crippen LogP contribution in [0.2, 0.25) is 0 Å². The lowest BCUT2D eigenvalue weighted by atomic mass is 10.1. The number of nitrogens with one attached hydrogen (secondary N) is 1. The van der Waals surface area contributed by atoms with E-state index in [0.717, 1.165) is 25.2 Å². The first kappa shape index (κ1) is 13.9. The van der Waals surface area contributed by atoms with Crippen molar-refractivity contribution in [2.24, 2.45) is 0 Å². The highest BCUT2D eigenvalue weighted by molar-refractivity contribution is 5.54. The Morgan fingerprint density at radius 2 is 1.95 bits per heavy atom. The highest BCUT2D eigenvalue weighted by Crippen LogP contribution is 2.31. The minimum absolute atomic E-state index is 0.745. The molecule has 1 aromatic rings. The van der Waals surface area contributed by atoms with Crippen LogP contribution in [-0.2, 0) is 6.54 Å². The molecule has 20 heavy (non-hydrogen) atoms. The van der Waals surface area contributed by atoms with Crippen molar-refractivity contribution in [1.29, 1.82) is 0 Å². The molecular formula is C17H27N3. The van der Waals surface area contributed by atoms with Crippen molar-refractivity contribution in [3.8, 4) is 0 Å². The maximum absolute atomic E-state index is 3.47. The van der Waals surface area contributed by atoms with Gasteiger partial charge < -0.3 is 10.2 Å². The average molecular weight is 273 g/mol. The first-order valence-corrected chi connectivity index (χ1v) is 8.05. The van der Waals surface area contributed by atoms with Gasteiger partial charge in [-0.2, -0.15) is 0 Å². The number of likely N-dealkylation sites (N-methyl/N-ethyl adjacent to an activating group) is 1. The van der Waals surface area contributed by atoms with Crippen molar-refractivity contribution in [3.05, 3.63) is 29.8 Å². The van der Waals surface area contributed by atoms with E-state index in [0.29, 0.717) is 0 Å². The van der Waals surface area contributed by atoms with Gasteiger partial charge in [0.2, 0.25) is 0 Å². The minimum Gasteiger partial charge on any atom is -0.370 e. The third-order valence-corrected chi connectivity index (χ3v) is 5.05. The summed E-state index contributed by atoms with van der Waals surface area (Å²) in [6.07, 6.45) is 4.07. The quantitative estimate of drug-likeness (QED) is 0.909. The first-order valence-electron chi connectivity index (χ1n) is 8.05. The minimum atomic E-state index is 0.745. The zero-order valence-corrected chi connectivity index (χ0v) is 12.8. The van der Waals surface area contributed by atoms with Crippen molar-refractivity contribution in [1.82, 2.24) is 10.2 Å². The summed E-state index contributed by atoms with van der Waals surface area (Å²) < 4.78 is 0. The van der Waals surface area contributed by atoms with Crippen molar-refractivity contribution in [2.75, 3.05) is 31.6 Å². The molecule has 3 heteroatoms. The van der Waals surface area contributed by atoms with Crippen LogP contribution >= 0.6 is 0 Å². The molecule has 1 aromatic carbocycles. The SMILES string of the molecule is CCNCc1ccccc1N1CCC2CCC(C1)N2C. The Bertz CT molecular complexity index is 446. The molecule has 2 heterocycles. The molecule has 2 unspecified atom stereocenters. The smallest absolute Gasteiger partial charge is 0.0412 e. The molecule has 2 atom stereocenters. The molecule has 3 rings (SSSR count). The lowest BCUT2D eigenvalue weighted by molar-refractivity contribution is 0.254. The van der Waals surface area contributed by atoms with Crippen molar-refractivity contribution < 1.29 is 0 Å². The van der Waals surface area contributed by atoms with Crippen LogP contribution in [0.1, 0.15) is 31.7 Å². The Kier molecular flexibility index (Phi) is 4.27. The number of para-hydroxylation sites is 1. The van der Waals surface area contributed by atoms with E-state index in [-0.39, 0.29) is 0 Å². The summed E-state index contributed by atoms with van der Waals surface area (Å²) in [4.78, 5) is 5.24. The summed E-state index contributed by atoms with van der Waals surface area (Å²) in [5.41, 5.74) is 2.88. The van der Waals surface area contributed by atoms with Crippen molar-refractivity contribution in [2.45, 2.75) is 44.8 Å². The van der Waals surface area contributed by atoms with E-state index in [9.17, 15) is 0 Å². The Labute approximate surface area is 123 Å². The number of nitrogens with zero attached hydrogens (tertiary/aromatic N) is 2. The zero-order chi connectivity index (χ0) is 13.9. The molecule has 110 valence electrons. The molecule has 3 nitrogen and oxygen atoms in total. The Morgan fingerprint density at radius 3 is 2.80 bits per heavy atom. The van der Waals surface area contributed by atoms with Gasteiger partial charge in [0.25, 0.3) is 0 Å². The van der Waals surface area contributed by atoms with Gasteiger partial charge in [-0.3, -0.25) is 4.90 Å². The number of benzene rings is 1. The van der Waals surface area contributed by atoms with Gasteiger partial charge in [0, 0.05) is 37.4 Å². The Balaban J connectivity index is 1.79. The van der Waals surface area contributed by atoms with E-state index in [1.54, 1.807) is 0 Å². The summed E-state index contributed by atoms with van der Waals surface area (Å²) in [6.45, 7) is 6.57. The molecule has 0 amide bonds. The molecule has 0 saturated carbocycles. The van der Waals surface area contributed by atoms with Gasteiger partial charge in [-0.15, -0.1) is 0 Å². The van der Waals surface area contributed by atoms with Crippen LogP contribution in [0, 0.1) is 0 Å². The van der Waals surface area contributed by atoms with Crippen molar-refractivity contribution in [3.63, 3.8) is 0 Å². The molecule has 2 aliphatic rings. The normalized spacial score (nSPS) is 26.8. The van der Waals surface area contributed by atoms with Gasteiger partial charge in [0.15, 0.2) is 0 Å². The van der Waals surface area contributed by atoms with Crippen LogP contribution in [0.25, 0.3) is 0 Å². The predicted octanol–water partition coefficient (Wildman–Crippen LogP) is 2.47. The second-order valence-corrected chi connectivity index (χ2v) is 6.19. The van der Waals surface area contributed by atoms with Gasteiger partial charge in [0.05, 0.1) is 0 Å². The molecule has 1 N–H and O–H groups in total. The molecule has 0 aromatic heterocycles. The van der Waals surface area contributed by atoms with Crippen LogP contribution in [0.3, 0.4) is 0 Å². The summed E-state index contributed by atoms with van der Waals surface area (Å²) in [5, 5.41) is 3.47. The van der Waals surface area contributed by atoms with Gasteiger partial charge >= 0.3 is 0 Å². The number of rotatable bonds is 4. The molecule has 2 saturated heterocycles. The van der Waals surface area contributed by atoms with E-state index in [1.165, 1.54) is 43.6 Å². The Hall–Kier alpha value is -1.06. The number of fused-ring (bicyclic) bond motifs is 2. The summed E-state index contributed by atoms with van der Waals surface area (Å²) in [5.74, 6) is 0. The Morgan fingerprint density at radius 1 is 1.15 bits per heavy atom. The highest BCUT2D eigenvalue weighted by Gasteiger charge is 2.34. The number of anilines is 1. The third-order valence-electron chi connectivity index (χ3n) is 5.05. The molecule has 2 fully saturated rings. The second kappa shape index (κ2) is 6.15. The summed E-state index contributed by atoms with van der Waals surface area (Å²) >= 11 is 0. The van der Waals surface area contributed by atoms with Crippen molar-refractivity contribution >= 4 is 5.69 Å². The number of hydrogen-bond donors (Lipinski definition) is 1. The van der Waals surface area contributed by atoms with Crippen LogP contribution in [0.5, 0.6) is 0 Å². The lowest BCUT2D eigenvalue weighted by Gasteiger charge is -2.29. The van der Waals surface area contributed by atoms with Gasteiger partial charge in [-0.25, -0.2) is 0 Å². The van der Waals surface area contributed by atoms with Gasteiger partial charge in [0.1, 0.15) is 0 Å². The third kappa shape index (κ3) is 2.70. The standard InChI is InChI=1S/C17H27N3/c1-3-18-12-14-6-4-5-7-17(14)20-11-10-15-8-9-16(13-20)19(15)2/h4-7,15-16,18H,3,8-13H2,1-2H3. The van der Waals surface area contributed by atoms with Gasteiger partial charge in [-0.1, -0.05) is 25.1 Å². The maximum Gasteiger partial charge on any atom is 0.0412 e. The fourth-order valence-electron chi connectivity index (χ4n) is 3.76. The molecule has 0 aliphatic carbocycles. The highest BCUT2D eigenvalue weighted by atomic mass is 15.3. The lowest BCUT2D eigenvalue weighted by Crippen LogP contribution is -2.37. The molecule has 2 aliphatic heterocycles. The topological polar surface area (TPSA) is 18.5 Å². The molecule has 2 bridgehead atoms. The van der Waals surface area contributed by atoms with Crippen LogP contribution in [0.4, 0.5) is 5.69 Å². The second-order valence-electron chi connectivity index (χ2n) is 6.19. The summed E-state index contributed by atoms with van der Waals surface area (Å²) in [7, 11) is 2.32. The predicted molar refractivity (Wildman–Crippen MR) is 85.2 cm³/mol. The summed E-state index contributed by atoms with van der Waals surface area (Å²) in [6, 6.07) is 10.5. The van der Waals surface area contributed by atoms with E-state index in [4.69, 9.17) is 0 Å². The van der Waals surface area contributed by atoms with E-state index < -0.39 is 0 Å². The maximum atomic E-state index is 3.47. The zero-order valence-electron chi connectivity index (χ0n) is 12.8. The number of hydrogen-bond acceptors (Lipinski definition) is 3. The molecule has 0 radical (unpaired) electrons. The van der Waals surface area contributed by atoms with Crippen LogP contribution < -0.4 is 10.2 Å². The van der Waals surface area contributed by atoms with Crippen LogP contribution in [-0.4, -0.2) is 43.7 Å². The molecule has 0 spiro atoms. The first-order chi connectivity index (χ1) is 9.79. The monoisotopic (exact) mass is 273 g/mol. The van der Waals surface area contributed by atoms with Gasteiger partial charge in [-0.05, 0) is 44.5 Å². The van der Waals surface area contributed by atoms with E-state index in [2.05, 4.69) is 53.4 Å².